The third-order valence-corrected chi connectivity index (χ3v) is 8.36. The zero-order valence-corrected chi connectivity index (χ0v) is 22.2. The summed E-state index contributed by atoms with van der Waals surface area (Å²) in [6, 6.07) is 10.5. The van der Waals surface area contributed by atoms with Gasteiger partial charge >= 0.3 is 0 Å². The number of likely N-dealkylation sites (N-methyl/N-ethyl adjacent to an activating group) is 1. The van der Waals surface area contributed by atoms with Crippen LogP contribution in [-0.2, 0) is 10.0 Å². The lowest BCUT2D eigenvalue weighted by Gasteiger charge is -2.35. The van der Waals surface area contributed by atoms with E-state index in [1.807, 2.05) is 19.1 Å². The Kier molecular flexibility index (Phi) is 9.04. The largest absolute Gasteiger partial charge is 0.354 e. The Balaban J connectivity index is 0.00000324. The van der Waals surface area contributed by atoms with Gasteiger partial charge in [0, 0.05) is 38.1 Å². The summed E-state index contributed by atoms with van der Waals surface area (Å²) in [5, 5.41) is 2.34. The first-order valence-corrected chi connectivity index (χ1v) is 13.8. The molecule has 1 saturated heterocycles. The Morgan fingerprint density at radius 1 is 1.15 bits per heavy atom. The van der Waals surface area contributed by atoms with Crippen molar-refractivity contribution in [3.8, 4) is 0 Å². The minimum absolute atomic E-state index is 0. The molecule has 0 radical (unpaired) electrons. The number of alkyl halides is 1. The average molecular weight is 526 g/mol. The molecule has 1 aromatic carbocycles. The second-order valence-corrected chi connectivity index (χ2v) is 11.5. The van der Waals surface area contributed by atoms with Crippen LogP contribution in [0.15, 0.2) is 48.6 Å². The predicted octanol–water partition coefficient (Wildman–Crippen LogP) is 4.45. The van der Waals surface area contributed by atoms with Crippen LogP contribution in [0.25, 0.3) is 16.3 Å². The molecule has 1 aliphatic carbocycles. The SMILES string of the molecule is CCCS(=O)(=O)NCC1(Cl)C=CC(c2cc3ccccc3c(N3CCN(CC)CC3)n2)=CC1.Cl. The second-order valence-electron chi connectivity index (χ2n) is 8.85. The fraction of sp³-hybridized carbons (Fsp3) is 0.480. The smallest absolute Gasteiger partial charge is 0.211 e. The number of nitrogens with one attached hydrogen (secondary N) is 1. The molecule has 9 heteroatoms. The maximum absolute atomic E-state index is 12.0. The number of hydrogen-bond donors (Lipinski definition) is 1. The lowest BCUT2D eigenvalue weighted by Crippen LogP contribution is -2.46. The van der Waals surface area contributed by atoms with Gasteiger partial charge < -0.3 is 9.80 Å². The highest BCUT2D eigenvalue weighted by Gasteiger charge is 2.28. The molecule has 0 amide bonds. The summed E-state index contributed by atoms with van der Waals surface area (Å²) in [6.07, 6.45) is 7.05. The Morgan fingerprint density at radius 2 is 1.88 bits per heavy atom. The molecule has 0 spiro atoms. The number of piperazine rings is 1. The Hall–Kier alpha value is -1.64. The standard InChI is InChI=1S/C25H33ClN4O2S.ClH/c1-3-17-33(31,32)27-19-25(26)11-9-20(10-12-25)23-18-21-7-5-6-8-22(21)24(28-23)30-15-13-29(4-2)14-16-30;/h5-11,18,27H,3-4,12-17,19H2,1-2H3;1H. The lowest BCUT2D eigenvalue weighted by atomic mass is 9.94. The van der Waals surface area contributed by atoms with E-state index in [2.05, 4.69) is 57.9 Å². The van der Waals surface area contributed by atoms with Crippen LogP contribution in [0.4, 0.5) is 5.82 Å². The number of hydrogen-bond acceptors (Lipinski definition) is 5. The van der Waals surface area contributed by atoms with Gasteiger partial charge in [-0.1, -0.05) is 56.3 Å². The summed E-state index contributed by atoms with van der Waals surface area (Å²) in [6.45, 7) is 9.32. The summed E-state index contributed by atoms with van der Waals surface area (Å²) in [4.78, 5) is 9.18. The number of rotatable bonds is 8. The van der Waals surface area contributed by atoms with E-state index < -0.39 is 14.9 Å². The number of nitrogens with zero attached hydrogens (tertiary/aromatic N) is 3. The van der Waals surface area contributed by atoms with E-state index in [1.54, 1.807) is 0 Å². The number of benzene rings is 1. The number of aromatic nitrogens is 1. The average Bonchev–Trinajstić information content (AvgIpc) is 2.83. The summed E-state index contributed by atoms with van der Waals surface area (Å²) in [5.74, 6) is 1.14. The molecule has 1 fully saturated rings. The number of halogens is 2. The van der Waals surface area contributed by atoms with Gasteiger partial charge in [0.1, 0.15) is 5.82 Å². The molecule has 1 aliphatic heterocycles. The molecular weight excluding hydrogens is 491 g/mol. The third kappa shape index (κ3) is 6.32. The van der Waals surface area contributed by atoms with Crippen LogP contribution in [0.5, 0.6) is 0 Å². The first kappa shape index (κ1) is 27.0. The van der Waals surface area contributed by atoms with Crippen LogP contribution in [0.3, 0.4) is 0 Å². The van der Waals surface area contributed by atoms with E-state index in [1.165, 1.54) is 10.8 Å². The molecule has 1 atom stereocenters. The fourth-order valence-corrected chi connectivity index (χ4v) is 5.84. The van der Waals surface area contributed by atoms with Crippen molar-refractivity contribution >= 4 is 56.2 Å². The van der Waals surface area contributed by atoms with Crippen LogP contribution in [0.2, 0.25) is 0 Å². The molecule has 1 aromatic heterocycles. The van der Waals surface area contributed by atoms with Crippen LogP contribution < -0.4 is 9.62 Å². The van der Waals surface area contributed by atoms with Crippen molar-refractivity contribution in [2.45, 2.75) is 31.6 Å². The number of anilines is 1. The second kappa shape index (κ2) is 11.4. The zero-order valence-electron chi connectivity index (χ0n) is 19.8. The van der Waals surface area contributed by atoms with E-state index >= 15 is 0 Å². The van der Waals surface area contributed by atoms with Crippen molar-refractivity contribution in [2.75, 3.05) is 49.9 Å². The van der Waals surface area contributed by atoms with Crippen molar-refractivity contribution in [3.63, 3.8) is 0 Å². The highest BCUT2D eigenvalue weighted by atomic mass is 35.5. The molecule has 6 nitrogen and oxygen atoms in total. The molecule has 2 aliphatic rings. The zero-order chi connectivity index (χ0) is 23.5. The molecule has 4 rings (SSSR count). The first-order valence-electron chi connectivity index (χ1n) is 11.8. The van der Waals surface area contributed by atoms with Crippen LogP contribution in [0, 0.1) is 0 Å². The quantitative estimate of drug-likeness (QED) is 0.516. The summed E-state index contributed by atoms with van der Waals surface area (Å²) < 4.78 is 26.7. The number of pyridine rings is 1. The minimum atomic E-state index is -3.29. The molecule has 2 heterocycles. The Morgan fingerprint density at radius 3 is 2.53 bits per heavy atom. The van der Waals surface area contributed by atoms with Crippen LogP contribution in [0.1, 0.15) is 32.4 Å². The predicted molar refractivity (Wildman–Crippen MR) is 146 cm³/mol. The molecule has 1 N–H and O–H groups in total. The van der Waals surface area contributed by atoms with Gasteiger partial charge in [-0.3, -0.25) is 0 Å². The maximum Gasteiger partial charge on any atom is 0.211 e. The van der Waals surface area contributed by atoms with Crippen molar-refractivity contribution in [3.05, 3.63) is 54.3 Å². The maximum atomic E-state index is 12.0. The van der Waals surface area contributed by atoms with Gasteiger partial charge in [0.2, 0.25) is 10.0 Å². The highest BCUT2D eigenvalue weighted by Crippen LogP contribution is 2.34. The van der Waals surface area contributed by atoms with E-state index in [9.17, 15) is 8.42 Å². The fourth-order valence-electron chi connectivity index (χ4n) is 4.39. The number of allylic oxidation sites excluding steroid dienone is 3. The Labute approximate surface area is 214 Å². The van der Waals surface area contributed by atoms with Gasteiger partial charge in [0.15, 0.2) is 0 Å². The monoisotopic (exact) mass is 524 g/mol. The van der Waals surface area contributed by atoms with Crippen molar-refractivity contribution in [1.82, 2.24) is 14.6 Å². The third-order valence-electron chi connectivity index (χ3n) is 6.42. The van der Waals surface area contributed by atoms with E-state index in [0.29, 0.717) is 12.8 Å². The molecule has 2 aromatic rings. The molecule has 186 valence electrons. The topological polar surface area (TPSA) is 65.5 Å². The van der Waals surface area contributed by atoms with Gasteiger partial charge in [0.05, 0.1) is 16.3 Å². The number of fused-ring (bicyclic) bond motifs is 1. The number of sulfonamides is 1. The van der Waals surface area contributed by atoms with Crippen molar-refractivity contribution in [1.29, 1.82) is 0 Å². The van der Waals surface area contributed by atoms with E-state index in [-0.39, 0.29) is 24.7 Å². The van der Waals surface area contributed by atoms with Gasteiger partial charge in [-0.2, -0.15) is 0 Å². The highest BCUT2D eigenvalue weighted by molar-refractivity contribution is 7.89. The summed E-state index contributed by atoms with van der Waals surface area (Å²) in [7, 11) is -3.29. The van der Waals surface area contributed by atoms with Crippen LogP contribution >= 0.6 is 24.0 Å². The molecule has 1 unspecified atom stereocenters. The minimum Gasteiger partial charge on any atom is -0.354 e. The van der Waals surface area contributed by atoms with Gasteiger partial charge in [-0.15, -0.1) is 24.0 Å². The van der Waals surface area contributed by atoms with Gasteiger partial charge in [-0.05, 0) is 36.4 Å². The molecular formula is C25H34Cl2N4O2S. The van der Waals surface area contributed by atoms with Crippen LogP contribution in [-0.4, -0.2) is 68.2 Å². The molecule has 0 saturated carbocycles. The Bertz CT molecular complexity index is 1160. The molecule has 0 bridgehead atoms. The van der Waals surface area contributed by atoms with Gasteiger partial charge in [0.25, 0.3) is 0 Å². The van der Waals surface area contributed by atoms with Gasteiger partial charge in [-0.25, -0.2) is 18.1 Å². The van der Waals surface area contributed by atoms with E-state index in [4.69, 9.17) is 16.6 Å². The normalized spacial score (nSPS) is 21.4. The van der Waals surface area contributed by atoms with Crippen molar-refractivity contribution in [2.24, 2.45) is 0 Å². The lowest BCUT2D eigenvalue weighted by molar-refractivity contribution is 0.271. The first-order chi connectivity index (χ1) is 15.8. The van der Waals surface area contributed by atoms with E-state index in [0.717, 1.165) is 49.8 Å². The summed E-state index contributed by atoms with van der Waals surface area (Å²) >= 11 is 6.72. The van der Waals surface area contributed by atoms with Crippen molar-refractivity contribution < 1.29 is 8.42 Å². The summed E-state index contributed by atoms with van der Waals surface area (Å²) in [5.41, 5.74) is 1.94. The molecule has 34 heavy (non-hydrogen) atoms.